The molecule has 182 valence electrons. The molecule has 0 atom stereocenters. The Morgan fingerprint density at radius 2 is 1.74 bits per heavy atom. The van der Waals surface area contributed by atoms with Crippen LogP contribution in [0.4, 0.5) is 10.2 Å². The largest absolute Gasteiger partial charge is 0.356 e. The highest BCUT2D eigenvalue weighted by atomic mass is 19.1. The van der Waals surface area contributed by atoms with Gasteiger partial charge in [0.25, 0.3) is 5.89 Å². The Kier molecular flexibility index (Phi) is 6.43. The minimum absolute atomic E-state index is 0.0368. The Morgan fingerprint density at radius 3 is 2.46 bits per heavy atom. The van der Waals surface area contributed by atoms with Crippen molar-refractivity contribution in [3.63, 3.8) is 0 Å². The van der Waals surface area contributed by atoms with E-state index in [-0.39, 0.29) is 23.5 Å². The van der Waals surface area contributed by atoms with E-state index >= 15 is 0 Å². The highest BCUT2D eigenvalue weighted by Crippen LogP contribution is 2.32. The molecular weight excluding hydrogens is 451 g/mol. The van der Waals surface area contributed by atoms with E-state index in [4.69, 9.17) is 4.52 Å². The first kappa shape index (κ1) is 22.9. The zero-order valence-electron chi connectivity index (χ0n) is 19.6. The predicted octanol–water partition coefficient (Wildman–Crippen LogP) is 2.84. The molecule has 0 unspecified atom stereocenters. The molecule has 2 aromatic heterocycles. The van der Waals surface area contributed by atoms with Crippen LogP contribution in [0.5, 0.6) is 0 Å². The first-order valence-corrected chi connectivity index (χ1v) is 11.8. The maximum atomic E-state index is 13.6. The molecule has 1 aromatic carbocycles. The lowest BCUT2D eigenvalue weighted by Gasteiger charge is -2.38. The van der Waals surface area contributed by atoms with E-state index < -0.39 is 0 Å². The molecule has 0 bridgehead atoms. The molecule has 3 aromatic rings. The van der Waals surface area contributed by atoms with Crippen molar-refractivity contribution in [3.05, 3.63) is 48.4 Å². The molecule has 10 heteroatoms. The van der Waals surface area contributed by atoms with Gasteiger partial charge in [-0.15, -0.1) is 0 Å². The van der Waals surface area contributed by atoms with E-state index in [9.17, 15) is 14.0 Å². The maximum Gasteiger partial charge on any atom is 0.261 e. The second-order valence-corrected chi connectivity index (χ2v) is 8.90. The summed E-state index contributed by atoms with van der Waals surface area (Å²) in [6, 6.07) is 9.73. The number of hydrogen-bond donors (Lipinski definition) is 0. The molecular formula is C25H27FN6O3. The summed E-state index contributed by atoms with van der Waals surface area (Å²) in [6.07, 6.45) is 3.16. The third-order valence-electron chi connectivity index (χ3n) is 6.71. The Morgan fingerprint density at radius 1 is 1.00 bits per heavy atom. The van der Waals surface area contributed by atoms with Gasteiger partial charge in [-0.1, -0.05) is 17.3 Å². The van der Waals surface area contributed by atoms with Crippen LogP contribution in [0.2, 0.25) is 0 Å². The smallest absolute Gasteiger partial charge is 0.261 e. The summed E-state index contributed by atoms with van der Waals surface area (Å²) in [5.74, 6) is 1.17. The normalized spacial score (nSPS) is 17.0. The summed E-state index contributed by atoms with van der Waals surface area (Å²) in [7, 11) is 0. The van der Waals surface area contributed by atoms with Crippen LogP contribution < -0.4 is 4.90 Å². The van der Waals surface area contributed by atoms with Crippen molar-refractivity contribution in [2.75, 3.05) is 44.2 Å². The van der Waals surface area contributed by atoms with Gasteiger partial charge in [0, 0.05) is 63.9 Å². The van der Waals surface area contributed by atoms with Gasteiger partial charge in [-0.2, -0.15) is 4.98 Å². The molecule has 4 heterocycles. The molecule has 2 saturated heterocycles. The zero-order chi connectivity index (χ0) is 24.4. The molecule has 2 aliphatic heterocycles. The van der Waals surface area contributed by atoms with E-state index in [0.29, 0.717) is 62.1 Å². The quantitative estimate of drug-likeness (QED) is 0.569. The minimum atomic E-state index is -0.367. The average molecular weight is 479 g/mol. The number of piperazine rings is 1. The Bertz CT molecular complexity index is 1220. The van der Waals surface area contributed by atoms with E-state index in [1.54, 1.807) is 30.2 Å². The number of rotatable bonds is 4. The molecule has 0 saturated carbocycles. The molecule has 0 radical (unpaired) electrons. The van der Waals surface area contributed by atoms with Crippen molar-refractivity contribution in [3.8, 4) is 22.8 Å². The first-order valence-electron chi connectivity index (χ1n) is 11.8. The summed E-state index contributed by atoms with van der Waals surface area (Å²) in [5, 5.41) is 4.02. The van der Waals surface area contributed by atoms with E-state index in [1.807, 2.05) is 17.0 Å². The summed E-state index contributed by atoms with van der Waals surface area (Å²) in [4.78, 5) is 39.4. The van der Waals surface area contributed by atoms with Crippen molar-refractivity contribution in [2.24, 2.45) is 5.92 Å². The number of carbonyl (C=O) groups excluding carboxylic acids is 2. The van der Waals surface area contributed by atoms with Crippen LogP contribution in [-0.2, 0) is 9.59 Å². The monoisotopic (exact) mass is 478 g/mol. The molecule has 0 spiro atoms. The van der Waals surface area contributed by atoms with Gasteiger partial charge in [0.1, 0.15) is 11.6 Å². The van der Waals surface area contributed by atoms with Gasteiger partial charge in [0.05, 0.1) is 5.56 Å². The lowest BCUT2D eigenvalue weighted by molar-refractivity contribution is -0.141. The van der Waals surface area contributed by atoms with Crippen LogP contribution in [0, 0.1) is 11.7 Å². The number of pyridine rings is 1. The summed E-state index contributed by atoms with van der Waals surface area (Å²) < 4.78 is 19.1. The standard InChI is InChI=1S/C25H27FN6O3/c1-17(33)30-12-14-32(15-13-30)25(34)18-7-10-31(11-8-18)23-21(6-3-9-27-23)24-28-22(29-35-24)19-4-2-5-20(26)16-19/h2-6,9,16,18H,7-8,10-15H2,1H3. The summed E-state index contributed by atoms with van der Waals surface area (Å²) >= 11 is 0. The second-order valence-electron chi connectivity index (χ2n) is 8.90. The van der Waals surface area contributed by atoms with Gasteiger partial charge in [-0.25, -0.2) is 9.37 Å². The number of benzene rings is 1. The van der Waals surface area contributed by atoms with E-state index in [1.165, 1.54) is 12.1 Å². The van der Waals surface area contributed by atoms with Crippen LogP contribution in [0.15, 0.2) is 47.1 Å². The van der Waals surface area contributed by atoms with E-state index in [2.05, 4.69) is 20.0 Å². The molecule has 0 N–H and O–H groups in total. The topological polar surface area (TPSA) is 95.7 Å². The fourth-order valence-corrected chi connectivity index (χ4v) is 4.73. The molecule has 2 fully saturated rings. The fraction of sp³-hybridized carbons (Fsp3) is 0.400. The van der Waals surface area contributed by atoms with E-state index in [0.717, 1.165) is 18.7 Å². The summed E-state index contributed by atoms with van der Waals surface area (Å²) in [5.41, 5.74) is 1.24. The van der Waals surface area contributed by atoms with Crippen molar-refractivity contribution in [1.82, 2.24) is 24.9 Å². The molecule has 0 aliphatic carbocycles. The lowest BCUT2D eigenvalue weighted by Crippen LogP contribution is -2.52. The number of carbonyl (C=O) groups is 2. The number of aromatic nitrogens is 3. The highest BCUT2D eigenvalue weighted by molar-refractivity contribution is 5.80. The number of hydrogen-bond acceptors (Lipinski definition) is 7. The van der Waals surface area contributed by atoms with Crippen LogP contribution in [-0.4, -0.2) is 76.0 Å². The Labute approximate surface area is 202 Å². The van der Waals surface area contributed by atoms with Gasteiger partial charge >= 0.3 is 0 Å². The van der Waals surface area contributed by atoms with Gasteiger partial charge in [-0.3, -0.25) is 9.59 Å². The van der Waals surface area contributed by atoms with Crippen LogP contribution in [0.3, 0.4) is 0 Å². The molecule has 2 aliphatic rings. The van der Waals surface area contributed by atoms with Crippen LogP contribution in [0.25, 0.3) is 22.8 Å². The SMILES string of the molecule is CC(=O)N1CCN(C(=O)C2CCN(c3ncccc3-c3nc(-c4cccc(F)c4)no3)CC2)CC1. The number of piperidine rings is 1. The Hall–Kier alpha value is -3.82. The Balaban J connectivity index is 1.25. The number of amides is 2. The summed E-state index contributed by atoms with van der Waals surface area (Å²) in [6.45, 7) is 5.30. The molecule has 5 rings (SSSR count). The zero-order valence-corrected chi connectivity index (χ0v) is 19.6. The van der Waals surface area contributed by atoms with Crippen LogP contribution in [0.1, 0.15) is 19.8 Å². The van der Waals surface area contributed by atoms with Crippen molar-refractivity contribution < 1.29 is 18.5 Å². The van der Waals surface area contributed by atoms with Crippen molar-refractivity contribution in [2.45, 2.75) is 19.8 Å². The fourth-order valence-electron chi connectivity index (χ4n) is 4.73. The lowest BCUT2D eigenvalue weighted by atomic mass is 9.94. The van der Waals surface area contributed by atoms with Gasteiger partial charge in [0.2, 0.25) is 17.6 Å². The van der Waals surface area contributed by atoms with Gasteiger partial charge in [0.15, 0.2) is 0 Å². The molecule has 2 amide bonds. The molecule has 35 heavy (non-hydrogen) atoms. The molecule has 9 nitrogen and oxygen atoms in total. The average Bonchev–Trinajstić information content (AvgIpc) is 3.39. The number of halogens is 1. The van der Waals surface area contributed by atoms with Crippen molar-refractivity contribution in [1.29, 1.82) is 0 Å². The predicted molar refractivity (Wildman–Crippen MR) is 127 cm³/mol. The third-order valence-corrected chi connectivity index (χ3v) is 6.71. The number of anilines is 1. The minimum Gasteiger partial charge on any atom is -0.356 e. The van der Waals surface area contributed by atoms with Crippen LogP contribution >= 0.6 is 0 Å². The second kappa shape index (κ2) is 9.81. The first-order chi connectivity index (χ1) is 17.0. The highest BCUT2D eigenvalue weighted by Gasteiger charge is 2.32. The van der Waals surface area contributed by atoms with Gasteiger partial charge in [-0.05, 0) is 37.1 Å². The van der Waals surface area contributed by atoms with Gasteiger partial charge < -0.3 is 19.2 Å². The number of nitrogens with zero attached hydrogens (tertiary/aromatic N) is 6. The maximum absolute atomic E-state index is 13.6. The van der Waals surface area contributed by atoms with Crippen molar-refractivity contribution >= 4 is 17.6 Å². The third kappa shape index (κ3) is 4.87.